The highest BCUT2D eigenvalue weighted by molar-refractivity contribution is 6.17. The van der Waals surface area contributed by atoms with Crippen molar-refractivity contribution in [2.75, 3.05) is 38.7 Å². The highest BCUT2D eigenvalue weighted by Crippen LogP contribution is 2.19. The summed E-state index contributed by atoms with van der Waals surface area (Å²) < 4.78 is 5.80. The molecule has 0 spiro atoms. The summed E-state index contributed by atoms with van der Waals surface area (Å²) in [6.07, 6.45) is 1.37. The summed E-state index contributed by atoms with van der Waals surface area (Å²) >= 11 is 5.81. The third-order valence-corrected chi connectivity index (χ3v) is 3.84. The van der Waals surface area contributed by atoms with Crippen LogP contribution >= 0.6 is 11.6 Å². The molecule has 18 heavy (non-hydrogen) atoms. The molecular formula is C14H29ClN2O. The molecule has 1 fully saturated rings. The lowest BCUT2D eigenvalue weighted by Crippen LogP contribution is -2.49. The average molecular weight is 277 g/mol. The van der Waals surface area contributed by atoms with Crippen molar-refractivity contribution in [3.63, 3.8) is 0 Å². The number of alkyl halides is 1. The molecule has 1 N–H and O–H groups in total. The highest BCUT2D eigenvalue weighted by atomic mass is 35.5. The van der Waals surface area contributed by atoms with E-state index >= 15 is 0 Å². The minimum absolute atomic E-state index is 0.272. The Morgan fingerprint density at radius 2 is 2.17 bits per heavy atom. The molecule has 108 valence electrons. The fraction of sp³-hybridized carbons (Fsp3) is 1.00. The number of nitrogens with one attached hydrogen (secondary N) is 1. The van der Waals surface area contributed by atoms with Gasteiger partial charge in [0.15, 0.2) is 0 Å². The standard InChI is InChI=1S/C14H29ClN2O/c1-12(2)17-7-8-18-13(10-17)9-16-11-14(3,4)5-6-15/h12-13,16H,5-11H2,1-4H3. The Hall–Kier alpha value is 0.170. The molecule has 4 heteroatoms. The number of halogens is 1. The first-order valence-electron chi connectivity index (χ1n) is 7.07. The monoisotopic (exact) mass is 276 g/mol. The van der Waals surface area contributed by atoms with Gasteiger partial charge in [0, 0.05) is 38.1 Å². The van der Waals surface area contributed by atoms with Crippen LogP contribution < -0.4 is 5.32 Å². The molecule has 1 heterocycles. The molecule has 1 atom stereocenters. The Morgan fingerprint density at radius 1 is 1.44 bits per heavy atom. The summed E-state index contributed by atoms with van der Waals surface area (Å²) in [6, 6.07) is 0.615. The fourth-order valence-corrected chi connectivity index (χ4v) is 2.76. The lowest BCUT2D eigenvalue weighted by atomic mass is 9.90. The van der Waals surface area contributed by atoms with Gasteiger partial charge in [0.2, 0.25) is 0 Å². The molecule has 0 aromatic rings. The van der Waals surface area contributed by atoms with Gasteiger partial charge in [0.25, 0.3) is 0 Å². The summed E-state index contributed by atoms with van der Waals surface area (Å²) in [7, 11) is 0. The fourth-order valence-electron chi connectivity index (χ4n) is 2.25. The van der Waals surface area contributed by atoms with Gasteiger partial charge in [0.1, 0.15) is 0 Å². The van der Waals surface area contributed by atoms with Gasteiger partial charge in [-0.15, -0.1) is 11.6 Å². The first-order chi connectivity index (χ1) is 8.44. The highest BCUT2D eigenvalue weighted by Gasteiger charge is 2.23. The third-order valence-electron chi connectivity index (χ3n) is 3.65. The molecule has 0 radical (unpaired) electrons. The van der Waals surface area contributed by atoms with Crippen LogP contribution in [0.4, 0.5) is 0 Å². The number of rotatable bonds is 7. The van der Waals surface area contributed by atoms with Crippen LogP contribution in [0.1, 0.15) is 34.1 Å². The van der Waals surface area contributed by atoms with Crippen LogP contribution in [0.5, 0.6) is 0 Å². The van der Waals surface area contributed by atoms with E-state index in [0.717, 1.165) is 45.1 Å². The van der Waals surface area contributed by atoms with E-state index in [-0.39, 0.29) is 5.41 Å². The van der Waals surface area contributed by atoms with Gasteiger partial charge in [-0.2, -0.15) is 0 Å². The smallest absolute Gasteiger partial charge is 0.0826 e. The van der Waals surface area contributed by atoms with Crippen LogP contribution in [0.25, 0.3) is 0 Å². The molecule has 1 aliphatic heterocycles. The van der Waals surface area contributed by atoms with Crippen molar-refractivity contribution < 1.29 is 4.74 Å². The molecule has 0 aliphatic carbocycles. The van der Waals surface area contributed by atoms with E-state index < -0.39 is 0 Å². The van der Waals surface area contributed by atoms with Crippen LogP contribution in [0.15, 0.2) is 0 Å². The number of morpholine rings is 1. The van der Waals surface area contributed by atoms with Gasteiger partial charge in [-0.3, -0.25) is 4.90 Å². The Morgan fingerprint density at radius 3 is 2.78 bits per heavy atom. The third kappa shape index (κ3) is 5.87. The van der Waals surface area contributed by atoms with E-state index in [1.165, 1.54) is 0 Å². The number of hydrogen-bond acceptors (Lipinski definition) is 3. The van der Waals surface area contributed by atoms with E-state index in [0.29, 0.717) is 12.1 Å². The van der Waals surface area contributed by atoms with Crippen molar-refractivity contribution in [1.29, 1.82) is 0 Å². The van der Waals surface area contributed by atoms with E-state index in [1.807, 2.05) is 0 Å². The molecule has 0 aromatic carbocycles. The van der Waals surface area contributed by atoms with Crippen LogP contribution in [0.3, 0.4) is 0 Å². The van der Waals surface area contributed by atoms with Crippen LogP contribution in [0, 0.1) is 5.41 Å². The minimum atomic E-state index is 0.272. The van der Waals surface area contributed by atoms with Gasteiger partial charge in [-0.1, -0.05) is 13.8 Å². The Bertz CT molecular complexity index is 234. The maximum Gasteiger partial charge on any atom is 0.0826 e. The zero-order valence-corrected chi connectivity index (χ0v) is 13.1. The normalized spacial score (nSPS) is 22.7. The largest absolute Gasteiger partial charge is 0.374 e. The van der Waals surface area contributed by atoms with E-state index in [9.17, 15) is 0 Å². The molecule has 0 saturated carbocycles. The van der Waals surface area contributed by atoms with E-state index in [4.69, 9.17) is 16.3 Å². The summed E-state index contributed by atoms with van der Waals surface area (Å²) in [5.74, 6) is 0.732. The van der Waals surface area contributed by atoms with Crippen molar-refractivity contribution in [2.45, 2.75) is 46.3 Å². The maximum absolute atomic E-state index is 5.81. The average Bonchev–Trinajstić information content (AvgIpc) is 2.29. The molecule has 1 saturated heterocycles. The van der Waals surface area contributed by atoms with E-state index in [2.05, 4.69) is 37.9 Å². The zero-order chi connectivity index (χ0) is 13.6. The predicted octanol–water partition coefficient (Wildman–Crippen LogP) is 2.34. The summed E-state index contributed by atoms with van der Waals surface area (Å²) in [5, 5.41) is 3.53. The molecule has 0 amide bonds. The zero-order valence-electron chi connectivity index (χ0n) is 12.3. The van der Waals surface area contributed by atoms with Crippen molar-refractivity contribution in [2.24, 2.45) is 5.41 Å². The van der Waals surface area contributed by atoms with Crippen LogP contribution in [0.2, 0.25) is 0 Å². The summed E-state index contributed by atoms with van der Waals surface area (Å²) in [5.41, 5.74) is 0.272. The first kappa shape index (κ1) is 16.2. The number of hydrogen-bond donors (Lipinski definition) is 1. The summed E-state index contributed by atoms with van der Waals surface area (Å²) in [4.78, 5) is 2.49. The molecule has 0 aromatic heterocycles. The molecule has 1 rings (SSSR count). The Kier molecular flexibility index (Phi) is 6.93. The SMILES string of the molecule is CC(C)N1CCOC(CNCC(C)(C)CCCl)C1. The molecule has 1 aliphatic rings. The lowest BCUT2D eigenvalue weighted by molar-refractivity contribution is -0.0377. The minimum Gasteiger partial charge on any atom is -0.374 e. The van der Waals surface area contributed by atoms with Gasteiger partial charge < -0.3 is 10.1 Å². The van der Waals surface area contributed by atoms with Crippen LogP contribution in [-0.2, 0) is 4.74 Å². The topological polar surface area (TPSA) is 24.5 Å². The first-order valence-corrected chi connectivity index (χ1v) is 7.60. The summed E-state index contributed by atoms with van der Waals surface area (Å²) in [6.45, 7) is 13.9. The maximum atomic E-state index is 5.81. The van der Waals surface area contributed by atoms with Gasteiger partial charge in [-0.05, 0) is 25.7 Å². The lowest BCUT2D eigenvalue weighted by Gasteiger charge is -2.36. The van der Waals surface area contributed by atoms with Gasteiger partial charge >= 0.3 is 0 Å². The Labute approximate surface area is 117 Å². The van der Waals surface area contributed by atoms with Crippen molar-refractivity contribution in [3.8, 4) is 0 Å². The second kappa shape index (κ2) is 7.68. The molecule has 1 unspecified atom stereocenters. The van der Waals surface area contributed by atoms with Gasteiger partial charge in [0.05, 0.1) is 12.7 Å². The van der Waals surface area contributed by atoms with Gasteiger partial charge in [-0.25, -0.2) is 0 Å². The molecule has 3 nitrogen and oxygen atoms in total. The van der Waals surface area contributed by atoms with Crippen molar-refractivity contribution >= 4 is 11.6 Å². The van der Waals surface area contributed by atoms with Crippen molar-refractivity contribution in [1.82, 2.24) is 10.2 Å². The number of nitrogens with zero attached hydrogens (tertiary/aromatic N) is 1. The predicted molar refractivity (Wildman–Crippen MR) is 78.4 cm³/mol. The van der Waals surface area contributed by atoms with Crippen LogP contribution in [-0.4, -0.2) is 55.7 Å². The van der Waals surface area contributed by atoms with E-state index in [1.54, 1.807) is 0 Å². The molecular weight excluding hydrogens is 248 g/mol. The van der Waals surface area contributed by atoms with Crippen molar-refractivity contribution in [3.05, 3.63) is 0 Å². The second-order valence-corrected chi connectivity index (χ2v) is 6.69. The quantitative estimate of drug-likeness (QED) is 0.723. The second-order valence-electron chi connectivity index (χ2n) is 6.32. The molecule has 0 bridgehead atoms. The Balaban J connectivity index is 2.23. The number of ether oxygens (including phenoxy) is 1.